The summed E-state index contributed by atoms with van der Waals surface area (Å²) in [6.07, 6.45) is -1.08. The average molecular weight is 365 g/mol. The Bertz CT molecular complexity index is 548. The first-order chi connectivity index (χ1) is 12.6. The molecule has 1 aromatic rings. The first-order valence-electron chi connectivity index (χ1n) is 9.28. The monoisotopic (exact) mass is 365 g/mol. The number of carbonyl (C=O) groups is 1. The number of nitrogens with one attached hydrogen (secondary N) is 2. The van der Waals surface area contributed by atoms with Crippen molar-refractivity contribution in [2.45, 2.75) is 38.5 Å². The van der Waals surface area contributed by atoms with Crippen LogP contribution in [0.15, 0.2) is 24.3 Å². The molecule has 3 atom stereocenters. The van der Waals surface area contributed by atoms with E-state index in [4.69, 9.17) is 9.47 Å². The molecule has 1 aliphatic heterocycles. The van der Waals surface area contributed by atoms with E-state index in [0.29, 0.717) is 19.5 Å². The van der Waals surface area contributed by atoms with E-state index in [-0.39, 0.29) is 6.04 Å². The largest absolute Gasteiger partial charge is 0.497 e. The number of ether oxygens (including phenoxy) is 2. The van der Waals surface area contributed by atoms with Gasteiger partial charge in [0.2, 0.25) is 0 Å². The molecule has 0 saturated carbocycles. The van der Waals surface area contributed by atoms with Gasteiger partial charge < -0.3 is 30.1 Å². The molecule has 1 amide bonds. The molecule has 0 radical (unpaired) electrons. The SMILES string of the molecule is CCN(CC)CCNC(=O)O[C@@H]1[C@@H](O)CN[C@@H]1Cc1ccc(OC)cc1. The number of alkyl carbamates (subject to hydrolysis) is 1. The number of aliphatic hydroxyl groups excluding tert-OH is 1. The van der Waals surface area contributed by atoms with Crippen LogP contribution in [0.2, 0.25) is 0 Å². The maximum atomic E-state index is 12.1. The highest BCUT2D eigenvalue weighted by Crippen LogP contribution is 2.19. The van der Waals surface area contributed by atoms with Gasteiger partial charge in [0.05, 0.1) is 13.2 Å². The normalized spacial score (nSPS) is 22.4. The predicted molar refractivity (Wildman–Crippen MR) is 101 cm³/mol. The van der Waals surface area contributed by atoms with Crippen LogP contribution in [0.4, 0.5) is 4.79 Å². The van der Waals surface area contributed by atoms with E-state index in [1.54, 1.807) is 7.11 Å². The summed E-state index contributed by atoms with van der Waals surface area (Å²) in [4.78, 5) is 14.3. The molecule has 1 heterocycles. The number of β-amino-alcohol motifs (C(OH)–C–C–N with tert-alkyl or cyclic N) is 1. The van der Waals surface area contributed by atoms with E-state index >= 15 is 0 Å². The van der Waals surface area contributed by atoms with Gasteiger partial charge in [-0.25, -0.2) is 4.79 Å². The highest BCUT2D eigenvalue weighted by Gasteiger charge is 2.37. The lowest BCUT2D eigenvalue weighted by atomic mass is 10.0. The summed E-state index contributed by atoms with van der Waals surface area (Å²) >= 11 is 0. The summed E-state index contributed by atoms with van der Waals surface area (Å²) in [6, 6.07) is 7.64. The van der Waals surface area contributed by atoms with E-state index in [1.807, 2.05) is 24.3 Å². The first-order valence-corrected chi connectivity index (χ1v) is 9.28. The number of amides is 1. The molecule has 2 rings (SSSR count). The number of methoxy groups -OCH3 is 1. The van der Waals surface area contributed by atoms with Crippen molar-refractivity contribution in [1.82, 2.24) is 15.5 Å². The minimum atomic E-state index is -0.702. The van der Waals surface area contributed by atoms with Crippen LogP contribution in [0.5, 0.6) is 5.75 Å². The van der Waals surface area contributed by atoms with E-state index in [2.05, 4.69) is 29.4 Å². The number of likely N-dealkylation sites (N-methyl/N-ethyl adjacent to an activating group) is 1. The van der Waals surface area contributed by atoms with Crippen LogP contribution in [0.1, 0.15) is 19.4 Å². The van der Waals surface area contributed by atoms with E-state index in [9.17, 15) is 9.90 Å². The van der Waals surface area contributed by atoms with Crippen molar-refractivity contribution in [2.24, 2.45) is 0 Å². The molecule has 146 valence electrons. The molecule has 26 heavy (non-hydrogen) atoms. The number of aliphatic hydroxyl groups is 1. The Morgan fingerprint density at radius 2 is 2.00 bits per heavy atom. The van der Waals surface area contributed by atoms with Crippen molar-refractivity contribution in [3.63, 3.8) is 0 Å². The van der Waals surface area contributed by atoms with Crippen LogP contribution in [0.25, 0.3) is 0 Å². The van der Waals surface area contributed by atoms with Crippen LogP contribution >= 0.6 is 0 Å². The maximum absolute atomic E-state index is 12.1. The summed E-state index contributed by atoms with van der Waals surface area (Å²) in [6.45, 7) is 7.80. The van der Waals surface area contributed by atoms with E-state index < -0.39 is 18.3 Å². The molecule has 7 nitrogen and oxygen atoms in total. The number of carbonyl (C=O) groups excluding carboxylic acids is 1. The minimum absolute atomic E-state index is 0.119. The standard InChI is InChI=1S/C19H31N3O4/c1-4-22(5-2)11-10-20-19(24)26-18-16(21-13-17(18)23)12-14-6-8-15(25-3)9-7-14/h6-9,16-18,21,23H,4-5,10-13H2,1-3H3,(H,20,24)/t16-,17+,18+/m1/s1. The fourth-order valence-electron chi connectivity index (χ4n) is 3.16. The fourth-order valence-corrected chi connectivity index (χ4v) is 3.16. The Morgan fingerprint density at radius 1 is 1.31 bits per heavy atom. The third-order valence-corrected chi connectivity index (χ3v) is 4.81. The average Bonchev–Trinajstić information content (AvgIpc) is 2.99. The van der Waals surface area contributed by atoms with Gasteiger partial charge in [-0.2, -0.15) is 0 Å². The molecule has 1 aromatic carbocycles. The van der Waals surface area contributed by atoms with Crippen LogP contribution in [0.3, 0.4) is 0 Å². The molecule has 1 saturated heterocycles. The number of benzene rings is 1. The van der Waals surface area contributed by atoms with Gasteiger partial charge in [-0.05, 0) is 37.2 Å². The van der Waals surface area contributed by atoms with Crippen LogP contribution in [-0.4, -0.2) is 74.2 Å². The molecule has 3 N–H and O–H groups in total. The summed E-state index contributed by atoms with van der Waals surface area (Å²) in [5.74, 6) is 0.800. The second kappa shape index (κ2) is 10.4. The Hall–Kier alpha value is -1.83. The smallest absolute Gasteiger partial charge is 0.407 e. The van der Waals surface area contributed by atoms with E-state index in [0.717, 1.165) is 30.9 Å². The highest BCUT2D eigenvalue weighted by atomic mass is 16.6. The van der Waals surface area contributed by atoms with Crippen LogP contribution < -0.4 is 15.4 Å². The van der Waals surface area contributed by atoms with Crippen LogP contribution in [0, 0.1) is 0 Å². The molecular weight excluding hydrogens is 334 g/mol. The van der Waals surface area contributed by atoms with E-state index in [1.165, 1.54) is 0 Å². The zero-order valence-electron chi connectivity index (χ0n) is 15.9. The molecule has 7 heteroatoms. The molecule has 1 fully saturated rings. The van der Waals surface area contributed by atoms with Crippen molar-refractivity contribution in [1.29, 1.82) is 0 Å². The highest BCUT2D eigenvalue weighted by molar-refractivity contribution is 5.67. The minimum Gasteiger partial charge on any atom is -0.497 e. The molecular formula is C19H31N3O4. The first kappa shape index (κ1) is 20.5. The summed E-state index contributed by atoms with van der Waals surface area (Å²) < 4.78 is 10.7. The van der Waals surface area contributed by atoms with Crippen LogP contribution in [-0.2, 0) is 11.2 Å². The number of rotatable bonds is 9. The number of nitrogens with zero attached hydrogens (tertiary/aromatic N) is 1. The van der Waals surface area contributed by atoms with Crippen molar-refractivity contribution >= 4 is 6.09 Å². The van der Waals surface area contributed by atoms with Crippen molar-refractivity contribution in [2.75, 3.05) is 39.8 Å². The summed E-state index contributed by atoms with van der Waals surface area (Å²) in [7, 11) is 1.63. The van der Waals surface area contributed by atoms with Gasteiger partial charge in [0, 0.05) is 19.6 Å². The zero-order chi connectivity index (χ0) is 18.9. The van der Waals surface area contributed by atoms with Gasteiger partial charge in [0.15, 0.2) is 0 Å². The fraction of sp³-hybridized carbons (Fsp3) is 0.632. The zero-order valence-corrected chi connectivity index (χ0v) is 15.9. The molecule has 0 aliphatic carbocycles. The van der Waals surface area contributed by atoms with Crippen molar-refractivity contribution in [3.8, 4) is 5.75 Å². The Kier molecular flexibility index (Phi) is 8.15. The lowest BCUT2D eigenvalue weighted by Crippen LogP contribution is -2.43. The quantitative estimate of drug-likeness (QED) is 0.606. The van der Waals surface area contributed by atoms with Gasteiger partial charge in [0.25, 0.3) is 0 Å². The second-order valence-corrected chi connectivity index (χ2v) is 6.46. The molecule has 0 unspecified atom stereocenters. The van der Waals surface area contributed by atoms with Gasteiger partial charge >= 0.3 is 6.09 Å². The summed E-state index contributed by atoms with van der Waals surface area (Å²) in [5, 5.41) is 16.2. The number of hydrogen-bond acceptors (Lipinski definition) is 6. The third-order valence-electron chi connectivity index (χ3n) is 4.81. The molecule has 0 spiro atoms. The molecule has 0 aromatic heterocycles. The predicted octanol–water partition coefficient (Wildman–Crippen LogP) is 1.01. The summed E-state index contributed by atoms with van der Waals surface area (Å²) in [5.41, 5.74) is 1.09. The van der Waals surface area contributed by atoms with Crippen molar-refractivity contribution in [3.05, 3.63) is 29.8 Å². The molecule has 1 aliphatic rings. The second-order valence-electron chi connectivity index (χ2n) is 6.46. The van der Waals surface area contributed by atoms with Gasteiger partial charge in [-0.15, -0.1) is 0 Å². The maximum Gasteiger partial charge on any atom is 0.407 e. The Morgan fingerprint density at radius 3 is 2.62 bits per heavy atom. The third kappa shape index (κ3) is 5.86. The van der Waals surface area contributed by atoms with Gasteiger partial charge in [0.1, 0.15) is 18.0 Å². The van der Waals surface area contributed by atoms with Gasteiger partial charge in [-0.1, -0.05) is 26.0 Å². The molecule has 0 bridgehead atoms. The number of hydrogen-bond donors (Lipinski definition) is 3. The Balaban J connectivity index is 1.84. The lowest BCUT2D eigenvalue weighted by molar-refractivity contribution is 0.0188. The topological polar surface area (TPSA) is 83.1 Å². The Labute approximate surface area is 155 Å². The van der Waals surface area contributed by atoms with Crippen molar-refractivity contribution < 1.29 is 19.4 Å². The van der Waals surface area contributed by atoms with Gasteiger partial charge in [-0.3, -0.25) is 0 Å². The lowest BCUT2D eigenvalue weighted by Gasteiger charge is -2.23.